The summed E-state index contributed by atoms with van der Waals surface area (Å²) in [5, 5.41) is 3.24. The predicted molar refractivity (Wildman–Crippen MR) is 143 cm³/mol. The van der Waals surface area contributed by atoms with Gasteiger partial charge in [0.15, 0.2) is 0 Å². The van der Waals surface area contributed by atoms with E-state index < -0.39 is 28.5 Å². The third-order valence-corrected chi connectivity index (χ3v) is 7.94. The highest BCUT2D eigenvalue weighted by molar-refractivity contribution is 7.92. The highest BCUT2D eigenvalue weighted by atomic mass is 35.5. The van der Waals surface area contributed by atoms with Crippen LogP contribution in [-0.2, 0) is 26.2 Å². The van der Waals surface area contributed by atoms with Crippen LogP contribution in [0.15, 0.2) is 77.7 Å². The molecule has 0 heterocycles. The minimum absolute atomic E-state index is 0.0379. The van der Waals surface area contributed by atoms with Crippen molar-refractivity contribution in [3.63, 3.8) is 0 Å². The number of halogens is 2. The van der Waals surface area contributed by atoms with Crippen molar-refractivity contribution >= 4 is 50.7 Å². The van der Waals surface area contributed by atoms with E-state index in [9.17, 15) is 18.0 Å². The molecule has 36 heavy (non-hydrogen) atoms. The normalized spacial score (nSPS) is 12.0. The molecule has 0 fully saturated rings. The Kier molecular flexibility index (Phi) is 9.00. The Balaban J connectivity index is 2.02. The lowest BCUT2D eigenvalue weighted by Crippen LogP contribution is -2.50. The second-order valence-corrected chi connectivity index (χ2v) is 11.0. The van der Waals surface area contributed by atoms with E-state index in [0.29, 0.717) is 10.0 Å². The predicted octanol–water partition coefficient (Wildman–Crippen LogP) is 4.66. The van der Waals surface area contributed by atoms with E-state index >= 15 is 0 Å². The Hall–Kier alpha value is -3.07. The van der Waals surface area contributed by atoms with Crippen LogP contribution < -0.4 is 9.62 Å². The maximum atomic E-state index is 13.7. The third-order valence-electron chi connectivity index (χ3n) is 5.66. The molecule has 0 aromatic heterocycles. The number of nitrogens with one attached hydrogen (secondary N) is 1. The zero-order valence-corrected chi connectivity index (χ0v) is 22.4. The third kappa shape index (κ3) is 6.57. The highest BCUT2D eigenvalue weighted by Crippen LogP contribution is 2.27. The van der Waals surface area contributed by atoms with Crippen LogP contribution in [0.4, 0.5) is 5.69 Å². The number of hydrogen-bond donors (Lipinski definition) is 1. The molecular weight excluding hydrogens is 521 g/mol. The molecule has 2 amide bonds. The van der Waals surface area contributed by atoms with Crippen molar-refractivity contribution in [2.45, 2.75) is 31.3 Å². The molecule has 0 saturated carbocycles. The molecule has 0 bridgehead atoms. The summed E-state index contributed by atoms with van der Waals surface area (Å²) < 4.78 is 28.3. The summed E-state index contributed by atoms with van der Waals surface area (Å²) in [5.41, 5.74) is 2.07. The second kappa shape index (κ2) is 11.8. The van der Waals surface area contributed by atoms with Gasteiger partial charge in [-0.05, 0) is 61.9 Å². The number of nitrogens with zero attached hydrogens (tertiary/aromatic N) is 2. The number of likely N-dealkylation sites (N-methyl/N-ethyl adjacent to an activating group) is 1. The van der Waals surface area contributed by atoms with Gasteiger partial charge in [0.1, 0.15) is 12.6 Å². The molecule has 3 rings (SSSR count). The summed E-state index contributed by atoms with van der Waals surface area (Å²) >= 11 is 12.1. The van der Waals surface area contributed by atoms with E-state index in [1.54, 1.807) is 25.1 Å². The first-order chi connectivity index (χ1) is 17.0. The summed E-state index contributed by atoms with van der Waals surface area (Å²) in [6.07, 6.45) is 0. The van der Waals surface area contributed by atoms with Gasteiger partial charge in [-0.25, -0.2) is 8.42 Å². The number of carbonyl (C=O) groups excluding carboxylic acids is 2. The van der Waals surface area contributed by atoms with Crippen LogP contribution in [0.2, 0.25) is 10.0 Å². The smallest absolute Gasteiger partial charge is 0.264 e. The van der Waals surface area contributed by atoms with Gasteiger partial charge in [-0.1, -0.05) is 59.1 Å². The lowest BCUT2D eigenvalue weighted by molar-refractivity contribution is -0.139. The molecule has 1 N–H and O–H groups in total. The van der Waals surface area contributed by atoms with E-state index in [-0.39, 0.29) is 23.0 Å². The van der Waals surface area contributed by atoms with Crippen LogP contribution in [0.5, 0.6) is 0 Å². The van der Waals surface area contributed by atoms with Crippen molar-refractivity contribution in [1.29, 1.82) is 0 Å². The van der Waals surface area contributed by atoms with Gasteiger partial charge in [0.25, 0.3) is 10.0 Å². The number of carbonyl (C=O) groups is 2. The van der Waals surface area contributed by atoms with Gasteiger partial charge in [-0.15, -0.1) is 0 Å². The van der Waals surface area contributed by atoms with Gasteiger partial charge < -0.3 is 10.2 Å². The van der Waals surface area contributed by atoms with Crippen molar-refractivity contribution in [2.24, 2.45) is 0 Å². The standard InChI is InChI=1S/C26H27Cl2N3O4S/c1-18-7-9-20(10-8-18)16-30(19(2)26(33)29-3)25(32)17-31(23-6-4-5-22(28)15-23)36(34,35)24-13-11-21(27)12-14-24/h4-15,19H,16-17H2,1-3H3,(H,29,33). The monoisotopic (exact) mass is 547 g/mol. The second-order valence-electron chi connectivity index (χ2n) is 8.24. The molecule has 3 aromatic rings. The molecule has 0 aliphatic carbocycles. The lowest BCUT2D eigenvalue weighted by atomic mass is 10.1. The molecule has 3 aromatic carbocycles. The van der Waals surface area contributed by atoms with Crippen LogP contribution in [0.25, 0.3) is 0 Å². The maximum Gasteiger partial charge on any atom is 0.264 e. The van der Waals surface area contributed by atoms with E-state index in [4.69, 9.17) is 23.2 Å². The Morgan fingerprint density at radius 1 is 0.944 bits per heavy atom. The lowest BCUT2D eigenvalue weighted by Gasteiger charge is -2.31. The summed E-state index contributed by atoms with van der Waals surface area (Å²) in [5.74, 6) is -0.922. The maximum absolute atomic E-state index is 13.7. The number of amides is 2. The molecule has 0 aliphatic rings. The summed E-state index contributed by atoms with van der Waals surface area (Å²) in [7, 11) is -2.70. The van der Waals surface area contributed by atoms with Gasteiger partial charge >= 0.3 is 0 Å². The first-order valence-corrected chi connectivity index (χ1v) is 13.3. The van der Waals surface area contributed by atoms with E-state index in [1.165, 1.54) is 42.3 Å². The fourth-order valence-electron chi connectivity index (χ4n) is 3.58. The molecule has 190 valence electrons. The number of anilines is 1. The van der Waals surface area contributed by atoms with Crippen LogP contribution >= 0.6 is 23.2 Å². The largest absolute Gasteiger partial charge is 0.357 e. The zero-order chi connectivity index (χ0) is 26.5. The summed E-state index contributed by atoms with van der Waals surface area (Å²) in [6, 6.07) is 18.6. The minimum atomic E-state index is -4.18. The molecule has 7 nitrogen and oxygen atoms in total. The Bertz CT molecular complexity index is 1330. The molecule has 1 atom stereocenters. The first kappa shape index (κ1) is 27.5. The average Bonchev–Trinajstić information content (AvgIpc) is 2.86. The fraction of sp³-hybridized carbons (Fsp3) is 0.231. The van der Waals surface area contributed by atoms with Crippen LogP contribution in [0.3, 0.4) is 0 Å². The Morgan fingerprint density at radius 2 is 1.58 bits per heavy atom. The SMILES string of the molecule is CNC(=O)C(C)N(Cc1ccc(C)cc1)C(=O)CN(c1cccc(Cl)c1)S(=O)(=O)c1ccc(Cl)cc1. The quantitative estimate of drug-likeness (QED) is 0.422. The van der Waals surface area contributed by atoms with Crippen LogP contribution in [-0.4, -0.2) is 44.8 Å². The van der Waals surface area contributed by atoms with Crippen molar-refractivity contribution in [1.82, 2.24) is 10.2 Å². The number of rotatable bonds is 9. The molecule has 0 aliphatic heterocycles. The number of aryl methyl sites for hydroxylation is 1. The Morgan fingerprint density at radius 3 is 2.17 bits per heavy atom. The van der Waals surface area contributed by atoms with Crippen molar-refractivity contribution in [2.75, 3.05) is 17.9 Å². The van der Waals surface area contributed by atoms with Crippen molar-refractivity contribution in [3.8, 4) is 0 Å². The summed E-state index contributed by atoms with van der Waals surface area (Å²) in [6.45, 7) is 3.13. The molecule has 10 heteroatoms. The Labute approximate surface area is 221 Å². The molecule has 0 saturated heterocycles. The minimum Gasteiger partial charge on any atom is -0.357 e. The summed E-state index contributed by atoms with van der Waals surface area (Å²) in [4.78, 5) is 27.5. The van der Waals surface area contributed by atoms with Crippen LogP contribution in [0, 0.1) is 6.92 Å². The highest BCUT2D eigenvalue weighted by Gasteiger charge is 2.32. The molecule has 1 unspecified atom stereocenters. The van der Waals surface area contributed by atoms with E-state index in [0.717, 1.165) is 15.4 Å². The average molecular weight is 548 g/mol. The van der Waals surface area contributed by atoms with Gasteiger partial charge in [0.2, 0.25) is 11.8 Å². The number of sulfonamides is 1. The molecular formula is C26H27Cl2N3O4S. The number of benzene rings is 3. The van der Waals surface area contributed by atoms with Gasteiger partial charge in [-0.3, -0.25) is 13.9 Å². The fourth-order valence-corrected chi connectivity index (χ4v) is 5.29. The van der Waals surface area contributed by atoms with Crippen molar-refractivity contribution in [3.05, 3.63) is 94.0 Å². The van der Waals surface area contributed by atoms with Gasteiger partial charge in [0.05, 0.1) is 10.6 Å². The number of hydrogen-bond acceptors (Lipinski definition) is 4. The van der Waals surface area contributed by atoms with E-state index in [1.807, 2.05) is 31.2 Å². The van der Waals surface area contributed by atoms with Crippen LogP contribution in [0.1, 0.15) is 18.1 Å². The zero-order valence-electron chi connectivity index (χ0n) is 20.1. The van der Waals surface area contributed by atoms with Crippen molar-refractivity contribution < 1.29 is 18.0 Å². The first-order valence-electron chi connectivity index (χ1n) is 11.1. The molecule has 0 spiro atoms. The van der Waals surface area contributed by atoms with E-state index in [2.05, 4.69) is 5.32 Å². The topological polar surface area (TPSA) is 86.8 Å². The molecule has 0 radical (unpaired) electrons. The van der Waals surface area contributed by atoms with Gasteiger partial charge in [0, 0.05) is 23.6 Å². The van der Waals surface area contributed by atoms with Gasteiger partial charge in [-0.2, -0.15) is 0 Å².